The molecule has 0 spiro atoms. The maximum absolute atomic E-state index is 12.7. The van der Waals surface area contributed by atoms with Crippen molar-refractivity contribution in [3.05, 3.63) is 90.9 Å². The van der Waals surface area contributed by atoms with E-state index in [4.69, 9.17) is 9.47 Å². The summed E-state index contributed by atoms with van der Waals surface area (Å²) in [5, 5.41) is 3.31. The number of hydrogen-bond donors (Lipinski definition) is 1. The number of anilines is 3. The zero-order chi connectivity index (χ0) is 22.6. The van der Waals surface area contributed by atoms with Gasteiger partial charge in [-0.3, -0.25) is 14.7 Å². The van der Waals surface area contributed by atoms with Gasteiger partial charge in [0.1, 0.15) is 17.3 Å². The van der Waals surface area contributed by atoms with E-state index in [1.807, 2.05) is 72.8 Å². The smallest absolute Gasteiger partial charge is 0.265 e. The van der Waals surface area contributed by atoms with Crippen molar-refractivity contribution in [2.75, 3.05) is 23.9 Å². The second-order valence-electron chi connectivity index (χ2n) is 7.56. The summed E-state index contributed by atoms with van der Waals surface area (Å²) in [6.07, 6.45) is 3.48. The first-order valence-corrected chi connectivity index (χ1v) is 10.5. The lowest BCUT2D eigenvalue weighted by atomic mass is 10.0. The minimum absolute atomic E-state index is 0.0169. The molecular formula is C26H22N4O3. The summed E-state index contributed by atoms with van der Waals surface area (Å²) in [7, 11) is 1.64. The van der Waals surface area contributed by atoms with E-state index in [0.717, 1.165) is 33.9 Å². The number of nitrogens with one attached hydrogen (secondary N) is 1. The highest BCUT2D eigenvalue weighted by molar-refractivity contribution is 5.98. The van der Waals surface area contributed by atoms with Crippen LogP contribution in [-0.4, -0.2) is 29.6 Å². The Morgan fingerprint density at radius 1 is 0.970 bits per heavy atom. The fourth-order valence-corrected chi connectivity index (χ4v) is 3.74. The van der Waals surface area contributed by atoms with Crippen molar-refractivity contribution in [1.29, 1.82) is 0 Å². The molecule has 0 radical (unpaired) electrons. The highest BCUT2D eigenvalue weighted by Crippen LogP contribution is 2.37. The van der Waals surface area contributed by atoms with Crippen molar-refractivity contribution in [2.45, 2.75) is 6.54 Å². The van der Waals surface area contributed by atoms with Crippen molar-refractivity contribution in [2.24, 2.45) is 0 Å². The molecule has 0 unspecified atom stereocenters. The van der Waals surface area contributed by atoms with Crippen LogP contribution in [0.2, 0.25) is 0 Å². The quantitative estimate of drug-likeness (QED) is 0.465. The highest BCUT2D eigenvalue weighted by atomic mass is 16.5. The predicted octanol–water partition coefficient (Wildman–Crippen LogP) is 4.82. The average molecular weight is 438 g/mol. The standard InChI is InChI=1S/C26H22N4O3/c1-32-22-7-4-6-20(15-22)29-25-14-19(10-12-28-25)18-8-9-24-23(13-18)30(26(31)17-33-24)16-21-5-2-3-11-27-21/h2-15H,16-17H2,1H3,(H,28,29). The summed E-state index contributed by atoms with van der Waals surface area (Å²) in [6.45, 7) is 0.404. The minimum Gasteiger partial charge on any atom is -0.497 e. The maximum Gasteiger partial charge on any atom is 0.265 e. The molecule has 1 amide bonds. The van der Waals surface area contributed by atoms with Crippen LogP contribution in [0.3, 0.4) is 0 Å². The first-order valence-electron chi connectivity index (χ1n) is 10.5. The van der Waals surface area contributed by atoms with Gasteiger partial charge in [-0.15, -0.1) is 0 Å². The maximum atomic E-state index is 12.7. The molecule has 33 heavy (non-hydrogen) atoms. The number of carbonyl (C=O) groups is 1. The molecule has 7 nitrogen and oxygen atoms in total. The number of rotatable bonds is 6. The number of carbonyl (C=O) groups excluding carboxylic acids is 1. The summed E-state index contributed by atoms with van der Waals surface area (Å²) < 4.78 is 11.0. The zero-order valence-corrected chi connectivity index (χ0v) is 18.1. The number of fused-ring (bicyclic) bond motifs is 1. The van der Waals surface area contributed by atoms with Crippen LogP contribution >= 0.6 is 0 Å². The topological polar surface area (TPSA) is 76.6 Å². The lowest BCUT2D eigenvalue weighted by Crippen LogP contribution is -2.38. The molecule has 0 aliphatic carbocycles. The molecule has 2 aromatic carbocycles. The lowest BCUT2D eigenvalue weighted by molar-refractivity contribution is -0.121. The average Bonchev–Trinajstić information content (AvgIpc) is 2.86. The molecule has 0 fully saturated rings. The van der Waals surface area contributed by atoms with Gasteiger partial charge in [-0.25, -0.2) is 4.98 Å². The second kappa shape index (κ2) is 9.00. The van der Waals surface area contributed by atoms with Gasteiger partial charge in [0.25, 0.3) is 5.91 Å². The molecule has 4 aromatic rings. The van der Waals surface area contributed by atoms with Crippen LogP contribution in [0.1, 0.15) is 5.69 Å². The molecular weight excluding hydrogens is 416 g/mol. The Hall–Kier alpha value is -4.39. The van der Waals surface area contributed by atoms with Crippen LogP contribution in [0, 0.1) is 0 Å². The van der Waals surface area contributed by atoms with E-state index in [-0.39, 0.29) is 12.5 Å². The summed E-state index contributed by atoms with van der Waals surface area (Å²) in [5.74, 6) is 2.05. The summed E-state index contributed by atoms with van der Waals surface area (Å²) >= 11 is 0. The fraction of sp³-hybridized carbons (Fsp3) is 0.115. The van der Waals surface area contributed by atoms with E-state index in [9.17, 15) is 4.79 Å². The van der Waals surface area contributed by atoms with E-state index < -0.39 is 0 Å². The van der Waals surface area contributed by atoms with Crippen LogP contribution in [-0.2, 0) is 11.3 Å². The number of nitrogens with zero attached hydrogens (tertiary/aromatic N) is 3. The van der Waals surface area contributed by atoms with Gasteiger partial charge >= 0.3 is 0 Å². The second-order valence-corrected chi connectivity index (χ2v) is 7.56. The Balaban J connectivity index is 1.45. The molecule has 7 heteroatoms. The van der Waals surface area contributed by atoms with Crippen molar-refractivity contribution >= 4 is 23.1 Å². The Bertz CT molecular complexity index is 1290. The van der Waals surface area contributed by atoms with E-state index >= 15 is 0 Å². The largest absolute Gasteiger partial charge is 0.497 e. The summed E-state index contributed by atoms with van der Waals surface area (Å²) in [5.41, 5.74) is 4.35. The molecule has 0 saturated carbocycles. The number of benzene rings is 2. The first-order chi connectivity index (χ1) is 16.2. The number of methoxy groups -OCH3 is 1. The predicted molar refractivity (Wildman–Crippen MR) is 127 cm³/mol. The molecule has 0 atom stereocenters. The molecule has 0 saturated heterocycles. The Kier molecular flexibility index (Phi) is 5.59. The SMILES string of the molecule is COc1cccc(Nc2cc(-c3ccc4c(c3)N(Cc3ccccn3)C(=O)CO4)ccn2)c1. The number of aromatic nitrogens is 2. The van der Waals surface area contributed by atoms with Crippen LogP contribution < -0.4 is 19.7 Å². The van der Waals surface area contributed by atoms with Gasteiger partial charge in [-0.1, -0.05) is 18.2 Å². The normalized spacial score (nSPS) is 12.6. The molecule has 5 rings (SSSR count). The number of ether oxygens (including phenoxy) is 2. The van der Waals surface area contributed by atoms with E-state index in [1.54, 1.807) is 24.4 Å². The number of pyridine rings is 2. The van der Waals surface area contributed by atoms with Crippen molar-refractivity contribution in [3.8, 4) is 22.6 Å². The molecule has 3 heterocycles. The van der Waals surface area contributed by atoms with Crippen LogP contribution in [0.5, 0.6) is 11.5 Å². The van der Waals surface area contributed by atoms with Crippen molar-refractivity contribution in [1.82, 2.24) is 9.97 Å². The van der Waals surface area contributed by atoms with Gasteiger partial charge in [0.2, 0.25) is 0 Å². The number of hydrogen-bond acceptors (Lipinski definition) is 6. The molecule has 1 aliphatic heterocycles. The third-order valence-corrected chi connectivity index (χ3v) is 5.38. The van der Waals surface area contributed by atoms with Crippen LogP contribution in [0.4, 0.5) is 17.2 Å². The summed E-state index contributed by atoms with van der Waals surface area (Å²) in [4.78, 5) is 23.2. The van der Waals surface area contributed by atoms with Gasteiger partial charge in [-0.2, -0.15) is 0 Å². The molecule has 1 aliphatic rings. The Morgan fingerprint density at radius 2 is 1.88 bits per heavy atom. The third kappa shape index (κ3) is 4.48. The van der Waals surface area contributed by atoms with Gasteiger partial charge in [-0.05, 0) is 59.7 Å². The first kappa shape index (κ1) is 20.5. The van der Waals surface area contributed by atoms with Gasteiger partial charge in [0.05, 0.1) is 25.0 Å². The lowest BCUT2D eigenvalue weighted by Gasteiger charge is -2.29. The Labute approximate surface area is 191 Å². The molecule has 164 valence electrons. The Morgan fingerprint density at radius 3 is 2.73 bits per heavy atom. The van der Waals surface area contributed by atoms with E-state index in [1.165, 1.54) is 0 Å². The molecule has 2 aromatic heterocycles. The zero-order valence-electron chi connectivity index (χ0n) is 18.1. The fourth-order valence-electron chi connectivity index (χ4n) is 3.74. The van der Waals surface area contributed by atoms with E-state index in [2.05, 4.69) is 15.3 Å². The minimum atomic E-state index is -0.0968. The van der Waals surface area contributed by atoms with Gasteiger partial charge in [0, 0.05) is 24.1 Å². The van der Waals surface area contributed by atoms with Gasteiger partial charge < -0.3 is 14.8 Å². The van der Waals surface area contributed by atoms with Gasteiger partial charge in [0.15, 0.2) is 6.61 Å². The summed E-state index contributed by atoms with van der Waals surface area (Å²) in [6, 6.07) is 23.1. The third-order valence-electron chi connectivity index (χ3n) is 5.38. The van der Waals surface area contributed by atoms with Crippen molar-refractivity contribution < 1.29 is 14.3 Å². The monoisotopic (exact) mass is 438 g/mol. The van der Waals surface area contributed by atoms with E-state index in [0.29, 0.717) is 18.1 Å². The highest BCUT2D eigenvalue weighted by Gasteiger charge is 2.26. The number of amides is 1. The van der Waals surface area contributed by atoms with Crippen LogP contribution in [0.15, 0.2) is 85.2 Å². The molecule has 1 N–H and O–H groups in total. The van der Waals surface area contributed by atoms with Crippen LogP contribution in [0.25, 0.3) is 11.1 Å². The molecule has 0 bridgehead atoms. The van der Waals surface area contributed by atoms with Crippen molar-refractivity contribution in [3.63, 3.8) is 0 Å².